The van der Waals surface area contributed by atoms with Gasteiger partial charge in [0.15, 0.2) is 5.79 Å². The summed E-state index contributed by atoms with van der Waals surface area (Å²) in [6.45, 7) is 25.4. The van der Waals surface area contributed by atoms with Crippen LogP contribution in [-0.4, -0.2) is 93.5 Å². The molecule has 2 fully saturated rings. The predicted molar refractivity (Wildman–Crippen MR) is 227 cm³/mol. The minimum atomic E-state index is -1.85. The minimum absolute atomic E-state index is 0.0487. The van der Waals surface area contributed by atoms with Gasteiger partial charge in [-0.15, -0.1) is 0 Å². The number of carbonyl (C=O) groups excluding carboxylic acids is 3. The van der Waals surface area contributed by atoms with Gasteiger partial charge in [-0.1, -0.05) is 66.7 Å². The molecule has 6 heterocycles. The summed E-state index contributed by atoms with van der Waals surface area (Å²) < 4.78 is 25.5. The Labute approximate surface area is 354 Å². The smallest absolute Gasteiger partial charge is 0.312 e. The molecule has 13 heteroatoms. The molecule has 8 rings (SSSR count). The molecule has 0 unspecified atom stereocenters. The lowest BCUT2D eigenvalue weighted by Gasteiger charge is -2.49. The zero-order valence-corrected chi connectivity index (χ0v) is 37.3. The summed E-state index contributed by atoms with van der Waals surface area (Å²) in [6, 6.07) is 0. The number of nitrogens with one attached hydrogen (secondary N) is 2. The number of benzene rings is 1. The van der Waals surface area contributed by atoms with Gasteiger partial charge in [-0.05, 0) is 51.5 Å². The van der Waals surface area contributed by atoms with Crippen LogP contribution in [0.1, 0.15) is 121 Å². The number of rotatable bonds is 2. The van der Waals surface area contributed by atoms with Crippen LogP contribution in [0.2, 0.25) is 0 Å². The zero-order chi connectivity index (χ0) is 43.8. The van der Waals surface area contributed by atoms with E-state index in [2.05, 4.69) is 43.2 Å². The van der Waals surface area contributed by atoms with Crippen molar-refractivity contribution in [3.63, 3.8) is 0 Å². The van der Waals surface area contributed by atoms with Gasteiger partial charge >= 0.3 is 5.79 Å². The Bertz CT molecular complexity index is 2110. The average molecular weight is 829 g/mol. The van der Waals surface area contributed by atoms with E-state index in [1.165, 1.54) is 13.2 Å². The molecule has 1 spiro atoms. The molecular weight excluding hydrogens is 765 g/mol. The number of amides is 1. The van der Waals surface area contributed by atoms with Crippen molar-refractivity contribution in [2.75, 3.05) is 19.6 Å². The molecular formula is C47H64N4O9. The summed E-state index contributed by atoms with van der Waals surface area (Å²) in [6.07, 6.45) is 8.62. The summed E-state index contributed by atoms with van der Waals surface area (Å²) in [5, 5.41) is 30.0. The molecule has 7 aliphatic rings. The van der Waals surface area contributed by atoms with Crippen molar-refractivity contribution in [2.24, 2.45) is 40.5 Å². The molecule has 13 nitrogen and oxygen atoms in total. The summed E-state index contributed by atoms with van der Waals surface area (Å²) in [7, 11) is 0. The number of aliphatic hydroxyl groups is 1. The van der Waals surface area contributed by atoms with Gasteiger partial charge < -0.3 is 44.7 Å². The van der Waals surface area contributed by atoms with Crippen molar-refractivity contribution >= 4 is 23.2 Å². The van der Waals surface area contributed by atoms with Gasteiger partial charge in [0.2, 0.25) is 5.78 Å². The van der Waals surface area contributed by atoms with Crippen LogP contribution >= 0.6 is 0 Å². The lowest BCUT2D eigenvalue weighted by molar-refractivity contribution is -0.336. The fourth-order valence-electron chi connectivity index (χ4n) is 9.84. The fraction of sp³-hybridized carbons (Fsp3) is 0.617. The Balaban J connectivity index is 1.34. The zero-order valence-electron chi connectivity index (χ0n) is 37.3. The molecule has 326 valence electrons. The summed E-state index contributed by atoms with van der Waals surface area (Å²) in [5.74, 6) is -5.10. The highest BCUT2D eigenvalue weighted by atomic mass is 16.7. The Morgan fingerprint density at radius 2 is 1.55 bits per heavy atom. The van der Waals surface area contributed by atoms with Crippen LogP contribution in [0.4, 0.5) is 0 Å². The van der Waals surface area contributed by atoms with E-state index in [0.29, 0.717) is 35.7 Å². The molecule has 0 saturated carbocycles. The molecule has 1 aliphatic carbocycles. The largest absolute Gasteiger partial charge is 0.507 e. The number of hydrogen-bond acceptors (Lipinski definition) is 12. The van der Waals surface area contributed by atoms with Gasteiger partial charge in [0, 0.05) is 73.9 Å². The van der Waals surface area contributed by atoms with Crippen molar-refractivity contribution in [2.45, 2.75) is 131 Å². The Kier molecular flexibility index (Phi) is 11.6. The van der Waals surface area contributed by atoms with Crippen LogP contribution < -0.4 is 15.4 Å². The number of hydrogen-bond donors (Lipinski definition) is 4. The molecule has 1 aromatic carbocycles. The van der Waals surface area contributed by atoms with Gasteiger partial charge in [-0.3, -0.25) is 19.4 Å². The number of piperidine rings is 1. The van der Waals surface area contributed by atoms with E-state index in [1.807, 2.05) is 46.8 Å². The number of likely N-dealkylation sites (tertiary alicyclic amines) is 1. The average Bonchev–Trinajstić information content (AvgIpc) is 3.69. The maximum Gasteiger partial charge on any atom is 0.312 e. The van der Waals surface area contributed by atoms with Crippen molar-refractivity contribution in [1.29, 1.82) is 0 Å². The van der Waals surface area contributed by atoms with Crippen molar-refractivity contribution in [1.82, 2.24) is 15.5 Å². The van der Waals surface area contributed by atoms with Gasteiger partial charge in [-0.2, -0.15) is 0 Å². The molecule has 1 aromatic rings. The van der Waals surface area contributed by atoms with Crippen molar-refractivity contribution in [3.8, 4) is 11.5 Å². The molecule has 6 aliphatic heterocycles. The summed E-state index contributed by atoms with van der Waals surface area (Å²) >= 11 is 0. The van der Waals surface area contributed by atoms with Crippen LogP contribution in [0.3, 0.4) is 0 Å². The van der Waals surface area contributed by atoms with Gasteiger partial charge in [-0.25, -0.2) is 0 Å². The van der Waals surface area contributed by atoms with E-state index in [1.54, 1.807) is 26.0 Å². The molecule has 0 radical (unpaired) electrons. The van der Waals surface area contributed by atoms with E-state index >= 15 is 0 Å². The second-order valence-electron chi connectivity index (χ2n) is 19.2. The number of ketones is 2. The van der Waals surface area contributed by atoms with E-state index in [-0.39, 0.29) is 81.2 Å². The summed E-state index contributed by atoms with van der Waals surface area (Å²) in [4.78, 5) is 51.1. The highest BCUT2D eigenvalue weighted by Crippen LogP contribution is 2.50. The van der Waals surface area contributed by atoms with Crippen molar-refractivity contribution in [3.05, 3.63) is 69.8 Å². The second kappa shape index (κ2) is 15.9. The number of nitrogens with zero attached hydrogens (tertiary/aromatic N) is 2. The number of aliphatic imine (C=N–C) groups is 1. The minimum Gasteiger partial charge on any atom is -0.507 e. The number of phenols is 1. The van der Waals surface area contributed by atoms with E-state index in [0.717, 1.165) is 19.6 Å². The number of phenolic OH excluding ortho intramolecular Hbond substituents is 1. The van der Waals surface area contributed by atoms with Gasteiger partial charge in [0.05, 0.1) is 47.1 Å². The quantitative estimate of drug-likeness (QED) is 0.258. The first kappa shape index (κ1) is 43.8. The Morgan fingerprint density at radius 1 is 0.883 bits per heavy atom. The predicted octanol–water partition coefficient (Wildman–Crippen LogP) is 6.46. The lowest BCUT2D eigenvalue weighted by Crippen LogP contribution is -2.56. The molecule has 2 saturated heterocycles. The van der Waals surface area contributed by atoms with E-state index in [9.17, 15) is 24.6 Å². The number of fused-ring (bicyclic) bond motifs is 9. The highest BCUT2D eigenvalue weighted by molar-refractivity contribution is 6.34. The SMILES string of the molecule is C/C1=C/C=C/[C@H](C)[C@@H]2OC(C)(C)O[C@@H]([C@@H](C)[C@H](O)[C@H](C)[C@@H](C)/C=C/O[C@@]3(C)Oc4c(C)c(O)c5c(c4C3=O)C3=NC4(CCN(CC(C)C)CC4)NC3=C(NC1=O)C5=O)[C@@H]2C. The molecule has 7 bridgehead atoms. The molecule has 4 N–H and O–H groups in total. The maximum absolute atomic E-state index is 14.7. The van der Waals surface area contributed by atoms with Crippen LogP contribution in [-0.2, 0) is 19.0 Å². The van der Waals surface area contributed by atoms with Crippen LogP contribution in [0, 0.1) is 42.4 Å². The molecule has 9 atom stereocenters. The molecule has 1 amide bonds. The standard InChI is InChI=1S/C47H64N4O9/c1-23(2)22-51-19-17-47(18-20-51)49-34-31-32-38(53)29(8)42-33(31)43(55)46(12,60-42)57-21-16-24(3)27(6)37(52)28(7)41-30(9)40(58-45(10,11)59-41)25(4)14-13-15-26(5)44(56)48-36(39(32)54)35(34)50-47/h13-16,21,23-25,27-28,30,37,40-41,50,52-53H,17-20,22H2,1-12H3,(H,48,56)/b14-13+,21-16+,26-15-/t24-,25-,27+,28-,30+,37+,40-,41-,46-/m0/s1. The van der Waals surface area contributed by atoms with Crippen LogP contribution in [0.15, 0.2) is 52.5 Å². The highest BCUT2D eigenvalue weighted by Gasteiger charge is 2.54. The number of ether oxygens (including phenoxy) is 4. The molecule has 0 aromatic heterocycles. The normalized spacial score (nSPS) is 36.1. The number of allylic oxidation sites excluding steroid dienone is 5. The second-order valence-corrected chi connectivity index (χ2v) is 19.2. The first-order valence-corrected chi connectivity index (χ1v) is 21.7. The summed E-state index contributed by atoms with van der Waals surface area (Å²) in [5.41, 5.74) is 0.396. The third kappa shape index (κ3) is 7.64. The van der Waals surface area contributed by atoms with E-state index in [4.69, 9.17) is 23.9 Å². The van der Waals surface area contributed by atoms with Crippen molar-refractivity contribution < 1.29 is 43.5 Å². The third-order valence-corrected chi connectivity index (χ3v) is 13.6. The van der Waals surface area contributed by atoms with Crippen LogP contribution in [0.5, 0.6) is 11.5 Å². The first-order valence-electron chi connectivity index (χ1n) is 21.7. The van der Waals surface area contributed by atoms with Crippen LogP contribution in [0.25, 0.3) is 0 Å². The third-order valence-electron chi connectivity index (χ3n) is 13.6. The number of carbonyl (C=O) groups is 3. The van der Waals surface area contributed by atoms with E-state index < -0.39 is 40.8 Å². The first-order chi connectivity index (χ1) is 28.1. The molecule has 60 heavy (non-hydrogen) atoms. The number of aliphatic hydroxyl groups excluding tert-OH is 1. The number of aromatic hydroxyl groups is 1. The fourth-order valence-corrected chi connectivity index (χ4v) is 9.84. The van der Waals surface area contributed by atoms with Gasteiger partial charge in [0.1, 0.15) is 22.9 Å². The number of Topliss-reactive ketones (excluding diaryl/α,β-unsaturated/α-hetero) is 2. The monoisotopic (exact) mass is 828 g/mol. The topological polar surface area (TPSA) is 168 Å². The Morgan fingerprint density at radius 3 is 2.22 bits per heavy atom. The maximum atomic E-state index is 14.7. The van der Waals surface area contributed by atoms with Gasteiger partial charge in [0.25, 0.3) is 11.7 Å². The lowest BCUT2D eigenvalue weighted by atomic mass is 9.76. The Hall–Kier alpha value is -4.30.